The normalized spacial score (nSPS) is 10.7. The molecule has 0 atom stereocenters. The van der Waals surface area contributed by atoms with E-state index in [1.54, 1.807) is 12.3 Å². The minimum Gasteiger partial charge on any atom is -0.486 e. The van der Waals surface area contributed by atoms with Crippen LogP contribution < -0.4 is 15.5 Å². The molecule has 0 aliphatic rings. The average molecular weight is 461 g/mol. The summed E-state index contributed by atoms with van der Waals surface area (Å²) in [5.74, 6) is 0.551. The van der Waals surface area contributed by atoms with E-state index in [9.17, 15) is 0 Å². The van der Waals surface area contributed by atoms with E-state index in [2.05, 4.69) is 31.8 Å². The zero-order valence-corrected chi connectivity index (χ0v) is 17.3. The van der Waals surface area contributed by atoms with Gasteiger partial charge >= 0.3 is 0 Å². The van der Waals surface area contributed by atoms with Crippen molar-refractivity contribution in [2.24, 2.45) is 5.10 Å². The molecule has 0 saturated heterocycles. The first-order valence-corrected chi connectivity index (χ1v) is 9.39. The fourth-order valence-electron chi connectivity index (χ4n) is 1.92. The number of nitrogens with zero attached hydrogens (tertiary/aromatic N) is 1. The molecule has 0 unspecified atom stereocenters. The largest absolute Gasteiger partial charge is 0.486 e. The van der Waals surface area contributed by atoms with Crippen LogP contribution in [0.15, 0.2) is 46.0 Å². The first kappa shape index (κ1) is 20.0. The molecule has 2 N–H and O–H groups in total. The van der Waals surface area contributed by atoms with E-state index in [-0.39, 0.29) is 0 Å². The lowest BCUT2D eigenvalue weighted by Gasteiger charge is -2.12. The minimum absolute atomic E-state index is 0.323. The van der Waals surface area contributed by atoms with Gasteiger partial charge in [-0.2, -0.15) is 5.10 Å². The highest BCUT2D eigenvalue weighted by molar-refractivity contribution is 9.10. The molecule has 0 aliphatic heterocycles. The highest BCUT2D eigenvalue weighted by Gasteiger charge is 2.10. The Labute approximate surface area is 170 Å². The topological polar surface area (TPSA) is 45.7 Å². The molecule has 0 bridgehead atoms. The number of hydrazone groups is 1. The molecule has 2 aromatic rings. The van der Waals surface area contributed by atoms with Gasteiger partial charge in [0.25, 0.3) is 0 Å². The second kappa shape index (κ2) is 9.97. The third kappa shape index (κ3) is 6.15. The Morgan fingerprint density at radius 3 is 2.72 bits per heavy atom. The first-order chi connectivity index (χ1) is 12.0. The quantitative estimate of drug-likeness (QED) is 0.355. The molecule has 25 heavy (non-hydrogen) atoms. The van der Waals surface area contributed by atoms with Gasteiger partial charge in [-0.15, -0.1) is 0 Å². The van der Waals surface area contributed by atoms with Crippen molar-refractivity contribution in [2.45, 2.75) is 13.5 Å². The van der Waals surface area contributed by atoms with Crippen LogP contribution in [0.25, 0.3) is 0 Å². The predicted octanol–water partition coefficient (Wildman–Crippen LogP) is 5.15. The van der Waals surface area contributed by atoms with Crippen LogP contribution in [0.4, 0.5) is 0 Å². The van der Waals surface area contributed by atoms with Gasteiger partial charge in [-0.05, 0) is 58.8 Å². The monoisotopic (exact) mass is 459 g/mol. The Bertz CT molecular complexity index is 763. The highest BCUT2D eigenvalue weighted by atomic mass is 79.9. The fraction of sp³-hybridized carbons (Fsp3) is 0.176. The van der Waals surface area contributed by atoms with Gasteiger partial charge in [0, 0.05) is 17.1 Å². The number of benzene rings is 2. The van der Waals surface area contributed by atoms with Gasteiger partial charge < -0.3 is 10.1 Å². The molecule has 0 aromatic heterocycles. The number of nitrogens with one attached hydrogen (secondary N) is 2. The molecule has 0 saturated carbocycles. The smallest absolute Gasteiger partial charge is 0.186 e. The molecule has 2 aromatic carbocycles. The highest BCUT2D eigenvalue weighted by Crippen LogP contribution is 2.35. The van der Waals surface area contributed by atoms with Gasteiger partial charge in [-0.25, -0.2) is 0 Å². The number of rotatable bonds is 6. The molecular formula is C17H16BrCl2N3OS. The Kier molecular flexibility index (Phi) is 7.96. The number of thiocarbonyl (C=S) groups is 1. The summed E-state index contributed by atoms with van der Waals surface area (Å²) in [5, 5.41) is 8.59. The maximum absolute atomic E-state index is 6.32. The summed E-state index contributed by atoms with van der Waals surface area (Å²) < 4.78 is 6.53. The van der Waals surface area contributed by atoms with E-state index in [1.165, 1.54) is 0 Å². The van der Waals surface area contributed by atoms with Crippen LogP contribution in [-0.2, 0) is 6.61 Å². The third-order valence-corrected chi connectivity index (χ3v) is 4.54. The van der Waals surface area contributed by atoms with Gasteiger partial charge in [0.15, 0.2) is 10.9 Å². The zero-order valence-electron chi connectivity index (χ0n) is 13.4. The van der Waals surface area contributed by atoms with Crippen molar-refractivity contribution in [1.82, 2.24) is 10.7 Å². The van der Waals surface area contributed by atoms with Gasteiger partial charge in [-0.3, -0.25) is 5.43 Å². The number of hydrogen-bond donors (Lipinski definition) is 2. The fourth-order valence-corrected chi connectivity index (χ4v) is 3.30. The van der Waals surface area contributed by atoms with E-state index in [0.717, 1.165) is 22.1 Å². The summed E-state index contributed by atoms with van der Waals surface area (Å²) >= 11 is 21.0. The van der Waals surface area contributed by atoms with Crippen molar-refractivity contribution in [2.75, 3.05) is 6.54 Å². The van der Waals surface area contributed by atoms with E-state index in [4.69, 9.17) is 40.2 Å². The summed E-state index contributed by atoms with van der Waals surface area (Å²) in [6, 6.07) is 11.1. The first-order valence-electron chi connectivity index (χ1n) is 7.43. The van der Waals surface area contributed by atoms with Crippen molar-refractivity contribution in [3.05, 3.63) is 62.0 Å². The zero-order chi connectivity index (χ0) is 18.2. The molecule has 2 rings (SSSR count). The van der Waals surface area contributed by atoms with E-state index in [1.807, 2.05) is 37.3 Å². The van der Waals surface area contributed by atoms with Crippen molar-refractivity contribution >= 4 is 62.7 Å². The number of halogens is 3. The van der Waals surface area contributed by atoms with Crippen molar-refractivity contribution in [3.63, 3.8) is 0 Å². The predicted molar refractivity (Wildman–Crippen MR) is 112 cm³/mol. The molecule has 0 aliphatic carbocycles. The average Bonchev–Trinajstić information content (AvgIpc) is 2.56. The maximum atomic E-state index is 6.32. The van der Waals surface area contributed by atoms with Crippen LogP contribution >= 0.6 is 51.3 Å². The third-order valence-electron chi connectivity index (χ3n) is 3.07. The van der Waals surface area contributed by atoms with Crippen LogP contribution in [0.2, 0.25) is 10.0 Å². The van der Waals surface area contributed by atoms with Crippen molar-refractivity contribution in [1.29, 1.82) is 0 Å². The van der Waals surface area contributed by atoms with Crippen molar-refractivity contribution in [3.8, 4) is 5.75 Å². The molecule has 0 heterocycles. The van der Waals surface area contributed by atoms with Crippen LogP contribution in [0.1, 0.15) is 18.1 Å². The molecule has 8 heteroatoms. The molecule has 0 amide bonds. The second-order valence-electron chi connectivity index (χ2n) is 4.92. The molecule has 0 spiro atoms. The molecule has 4 nitrogen and oxygen atoms in total. The SMILES string of the molecule is CCNC(=S)NN=Cc1cc(Cl)c(OCc2ccccc2Cl)c(Br)c1. The summed E-state index contributed by atoms with van der Waals surface area (Å²) in [6.07, 6.45) is 1.62. The van der Waals surface area contributed by atoms with Gasteiger partial charge in [0.1, 0.15) is 6.61 Å². The minimum atomic E-state index is 0.323. The molecule has 0 fully saturated rings. The summed E-state index contributed by atoms with van der Waals surface area (Å²) in [6.45, 7) is 3.01. The summed E-state index contributed by atoms with van der Waals surface area (Å²) in [7, 11) is 0. The Balaban J connectivity index is 2.05. The number of hydrogen-bond acceptors (Lipinski definition) is 3. The van der Waals surface area contributed by atoms with Crippen molar-refractivity contribution < 1.29 is 4.74 Å². The molecular weight excluding hydrogens is 445 g/mol. The van der Waals surface area contributed by atoms with E-state index < -0.39 is 0 Å². The summed E-state index contributed by atoms with van der Waals surface area (Å²) in [4.78, 5) is 0. The van der Waals surface area contributed by atoms with Gasteiger partial charge in [0.2, 0.25) is 0 Å². The van der Waals surface area contributed by atoms with Crippen LogP contribution in [0, 0.1) is 0 Å². The lowest BCUT2D eigenvalue weighted by Crippen LogP contribution is -2.31. The van der Waals surface area contributed by atoms with Gasteiger partial charge in [0.05, 0.1) is 15.7 Å². The Morgan fingerprint density at radius 2 is 2.04 bits per heavy atom. The maximum Gasteiger partial charge on any atom is 0.186 e. The van der Waals surface area contributed by atoms with E-state index in [0.29, 0.717) is 27.5 Å². The lowest BCUT2D eigenvalue weighted by atomic mass is 10.2. The van der Waals surface area contributed by atoms with Crippen LogP contribution in [0.3, 0.4) is 0 Å². The second-order valence-corrected chi connectivity index (χ2v) is 7.00. The lowest BCUT2D eigenvalue weighted by molar-refractivity contribution is 0.304. The summed E-state index contributed by atoms with van der Waals surface area (Å²) in [5.41, 5.74) is 4.41. The van der Waals surface area contributed by atoms with Gasteiger partial charge in [-0.1, -0.05) is 41.4 Å². The Hall–Kier alpha value is -1.34. The molecule has 132 valence electrons. The van der Waals surface area contributed by atoms with Crippen LogP contribution in [0.5, 0.6) is 5.75 Å². The van der Waals surface area contributed by atoms with Crippen LogP contribution in [-0.4, -0.2) is 17.9 Å². The van der Waals surface area contributed by atoms with E-state index >= 15 is 0 Å². The number of ether oxygens (including phenoxy) is 1. The Morgan fingerprint density at radius 1 is 1.28 bits per heavy atom. The molecule has 0 radical (unpaired) electrons. The standard InChI is InChI=1S/C17H16BrCl2N3OS/c1-2-21-17(25)23-22-9-11-7-13(18)16(15(20)8-11)24-10-12-5-3-4-6-14(12)19/h3-9H,2,10H2,1H3,(H2,21,23,25).